The average Bonchev–Trinajstić information content (AvgIpc) is 3.16. The molecule has 25 heavy (non-hydrogen) atoms. The van der Waals surface area contributed by atoms with Crippen molar-refractivity contribution in [3.05, 3.63) is 54.0 Å². The molecule has 4 rings (SSSR count). The molecular formula is C17H17N7O. The third kappa shape index (κ3) is 3.18. The van der Waals surface area contributed by atoms with Crippen molar-refractivity contribution in [2.75, 3.05) is 18.4 Å². The number of fused-ring (bicyclic) bond motifs is 1. The van der Waals surface area contributed by atoms with E-state index in [1.165, 1.54) is 0 Å². The third-order valence-electron chi connectivity index (χ3n) is 4.02. The van der Waals surface area contributed by atoms with Gasteiger partial charge >= 0.3 is 0 Å². The van der Waals surface area contributed by atoms with Crippen LogP contribution in [0.1, 0.15) is 16.1 Å². The largest absolute Gasteiger partial charge is 0.368 e. The Hall–Kier alpha value is -3.29. The second-order valence-electron chi connectivity index (χ2n) is 5.69. The van der Waals surface area contributed by atoms with E-state index in [1.807, 2.05) is 30.3 Å². The first-order chi connectivity index (χ1) is 12.3. The van der Waals surface area contributed by atoms with Crippen molar-refractivity contribution < 1.29 is 4.79 Å². The van der Waals surface area contributed by atoms with Crippen LogP contribution in [0.5, 0.6) is 0 Å². The van der Waals surface area contributed by atoms with E-state index in [4.69, 9.17) is 0 Å². The van der Waals surface area contributed by atoms with E-state index in [1.54, 1.807) is 17.1 Å². The molecule has 3 aromatic rings. The summed E-state index contributed by atoms with van der Waals surface area (Å²) in [6.07, 6.45) is 4.16. The molecular weight excluding hydrogens is 318 g/mol. The van der Waals surface area contributed by atoms with Crippen LogP contribution in [0.15, 0.2) is 42.7 Å². The van der Waals surface area contributed by atoms with Crippen LogP contribution in [0.4, 0.5) is 5.82 Å². The Balaban J connectivity index is 1.66. The highest BCUT2D eigenvalue weighted by molar-refractivity contribution is 5.96. The van der Waals surface area contributed by atoms with E-state index in [9.17, 15) is 4.79 Å². The number of carbonyl (C=O) groups excluding carboxylic acids is 1. The van der Waals surface area contributed by atoms with Gasteiger partial charge in [0.15, 0.2) is 5.82 Å². The first-order valence-electron chi connectivity index (χ1n) is 8.14. The second kappa shape index (κ2) is 6.68. The number of hydrogen-bond acceptors (Lipinski definition) is 6. The number of benzene rings is 1. The molecule has 0 fully saturated rings. The molecule has 3 heterocycles. The minimum atomic E-state index is -0.153. The topological polar surface area (TPSA) is 97.6 Å². The fourth-order valence-electron chi connectivity index (χ4n) is 2.80. The fraction of sp³-hybridized carbons (Fsp3) is 0.235. The molecule has 0 spiro atoms. The molecule has 0 saturated carbocycles. The first kappa shape index (κ1) is 15.3. The van der Waals surface area contributed by atoms with Gasteiger partial charge in [-0.15, -0.1) is 5.10 Å². The quantitative estimate of drug-likeness (QED) is 0.725. The van der Waals surface area contributed by atoms with E-state index in [0.29, 0.717) is 43.4 Å². The van der Waals surface area contributed by atoms with Crippen molar-refractivity contribution in [1.29, 1.82) is 0 Å². The van der Waals surface area contributed by atoms with Gasteiger partial charge < -0.3 is 10.6 Å². The monoisotopic (exact) mass is 335 g/mol. The molecule has 8 nitrogen and oxygen atoms in total. The molecule has 0 bridgehead atoms. The molecule has 126 valence electrons. The zero-order chi connectivity index (χ0) is 17.1. The zero-order valence-electron chi connectivity index (χ0n) is 13.5. The predicted molar refractivity (Wildman–Crippen MR) is 92.0 cm³/mol. The Bertz CT molecular complexity index is 878. The highest BCUT2D eigenvalue weighted by Crippen LogP contribution is 2.24. The van der Waals surface area contributed by atoms with Gasteiger partial charge in [-0.3, -0.25) is 9.48 Å². The van der Waals surface area contributed by atoms with Crippen LogP contribution in [0.25, 0.3) is 11.4 Å². The van der Waals surface area contributed by atoms with Crippen molar-refractivity contribution in [2.45, 2.75) is 13.0 Å². The molecule has 0 saturated heterocycles. The van der Waals surface area contributed by atoms with Gasteiger partial charge in [-0.2, -0.15) is 0 Å². The van der Waals surface area contributed by atoms with Crippen LogP contribution in [0, 0.1) is 0 Å². The lowest BCUT2D eigenvalue weighted by atomic mass is 10.1. The van der Waals surface area contributed by atoms with Crippen LogP contribution in [-0.2, 0) is 13.0 Å². The molecule has 0 radical (unpaired) electrons. The van der Waals surface area contributed by atoms with Gasteiger partial charge in [0.25, 0.3) is 5.91 Å². The summed E-state index contributed by atoms with van der Waals surface area (Å²) in [6.45, 7) is 1.88. The predicted octanol–water partition coefficient (Wildman–Crippen LogP) is 1.13. The molecule has 0 unspecified atom stereocenters. The van der Waals surface area contributed by atoms with E-state index >= 15 is 0 Å². The molecule has 8 heteroatoms. The summed E-state index contributed by atoms with van der Waals surface area (Å²) >= 11 is 0. The van der Waals surface area contributed by atoms with Gasteiger partial charge in [0, 0.05) is 30.4 Å². The number of anilines is 1. The Morgan fingerprint density at radius 2 is 2.08 bits per heavy atom. The van der Waals surface area contributed by atoms with Crippen molar-refractivity contribution in [3.8, 4) is 11.4 Å². The van der Waals surface area contributed by atoms with Gasteiger partial charge in [-0.25, -0.2) is 9.97 Å². The lowest BCUT2D eigenvalue weighted by Crippen LogP contribution is -2.34. The standard InChI is InChI=1S/C17H17N7O/c25-17-14-13(6-7-19-17)16(18-8-10-24-11-9-20-23-24)22-15(21-14)12-4-2-1-3-5-12/h1-5,9,11H,6-8,10H2,(H,19,25)(H,18,21,22). The van der Waals surface area contributed by atoms with Crippen molar-refractivity contribution in [2.24, 2.45) is 0 Å². The maximum absolute atomic E-state index is 12.2. The van der Waals surface area contributed by atoms with Crippen LogP contribution in [-0.4, -0.2) is 44.0 Å². The highest BCUT2D eigenvalue weighted by Gasteiger charge is 2.23. The summed E-state index contributed by atoms with van der Waals surface area (Å²) in [5.74, 6) is 1.10. The summed E-state index contributed by atoms with van der Waals surface area (Å²) in [5, 5.41) is 13.9. The minimum Gasteiger partial charge on any atom is -0.368 e. The molecule has 2 aromatic heterocycles. The van der Waals surface area contributed by atoms with E-state index in [0.717, 1.165) is 11.1 Å². The van der Waals surface area contributed by atoms with Crippen molar-refractivity contribution in [1.82, 2.24) is 30.3 Å². The molecule has 2 N–H and O–H groups in total. The summed E-state index contributed by atoms with van der Waals surface area (Å²) in [7, 11) is 0. The van der Waals surface area contributed by atoms with Crippen molar-refractivity contribution in [3.63, 3.8) is 0 Å². The Labute approximate surface area is 144 Å². The number of aromatic nitrogens is 5. The number of hydrogen-bond donors (Lipinski definition) is 2. The first-order valence-corrected chi connectivity index (χ1v) is 8.14. The molecule has 1 amide bonds. The van der Waals surface area contributed by atoms with Crippen LogP contribution in [0.3, 0.4) is 0 Å². The van der Waals surface area contributed by atoms with E-state index in [2.05, 4.69) is 30.9 Å². The normalized spacial score (nSPS) is 13.2. The van der Waals surface area contributed by atoms with Crippen LogP contribution < -0.4 is 10.6 Å². The number of amides is 1. The molecule has 0 atom stereocenters. The lowest BCUT2D eigenvalue weighted by Gasteiger charge is -2.20. The van der Waals surface area contributed by atoms with E-state index in [-0.39, 0.29) is 5.91 Å². The van der Waals surface area contributed by atoms with Gasteiger partial charge in [0.2, 0.25) is 0 Å². The smallest absolute Gasteiger partial charge is 0.270 e. The fourth-order valence-corrected chi connectivity index (χ4v) is 2.80. The Morgan fingerprint density at radius 3 is 2.88 bits per heavy atom. The minimum absolute atomic E-state index is 0.153. The van der Waals surface area contributed by atoms with Gasteiger partial charge in [-0.1, -0.05) is 35.5 Å². The third-order valence-corrected chi connectivity index (χ3v) is 4.02. The van der Waals surface area contributed by atoms with Gasteiger partial charge in [0.1, 0.15) is 11.5 Å². The van der Waals surface area contributed by atoms with Gasteiger partial charge in [-0.05, 0) is 6.42 Å². The summed E-state index contributed by atoms with van der Waals surface area (Å²) in [5.41, 5.74) is 2.19. The molecule has 1 aliphatic rings. The second-order valence-corrected chi connectivity index (χ2v) is 5.69. The zero-order valence-corrected chi connectivity index (χ0v) is 13.5. The van der Waals surface area contributed by atoms with Crippen LogP contribution >= 0.6 is 0 Å². The Morgan fingerprint density at radius 1 is 1.20 bits per heavy atom. The number of rotatable bonds is 5. The summed E-state index contributed by atoms with van der Waals surface area (Å²) in [6, 6.07) is 9.65. The van der Waals surface area contributed by atoms with Crippen molar-refractivity contribution >= 4 is 11.7 Å². The summed E-state index contributed by atoms with van der Waals surface area (Å²) < 4.78 is 1.74. The number of carbonyl (C=O) groups is 1. The number of nitrogens with one attached hydrogen (secondary N) is 2. The molecule has 0 aliphatic carbocycles. The SMILES string of the molecule is O=C1NCCc2c(NCCn3ccnn3)nc(-c3ccccc3)nc21. The maximum Gasteiger partial charge on any atom is 0.270 e. The molecule has 1 aromatic carbocycles. The average molecular weight is 335 g/mol. The lowest BCUT2D eigenvalue weighted by molar-refractivity contribution is 0.0940. The highest BCUT2D eigenvalue weighted by atomic mass is 16.1. The maximum atomic E-state index is 12.2. The van der Waals surface area contributed by atoms with Crippen LogP contribution in [0.2, 0.25) is 0 Å². The number of nitrogens with zero attached hydrogens (tertiary/aromatic N) is 5. The summed E-state index contributed by atoms with van der Waals surface area (Å²) in [4.78, 5) is 21.4. The van der Waals surface area contributed by atoms with E-state index < -0.39 is 0 Å². The Kier molecular flexibility index (Phi) is 4.07. The molecule has 1 aliphatic heterocycles. The van der Waals surface area contributed by atoms with Gasteiger partial charge in [0.05, 0.1) is 12.7 Å².